The van der Waals surface area contributed by atoms with Crippen molar-refractivity contribution in [2.75, 3.05) is 5.32 Å². The van der Waals surface area contributed by atoms with Crippen molar-refractivity contribution in [3.05, 3.63) is 89.9 Å². The van der Waals surface area contributed by atoms with Crippen molar-refractivity contribution in [1.82, 2.24) is 4.90 Å². The highest BCUT2D eigenvalue weighted by Crippen LogP contribution is 2.38. The third kappa shape index (κ3) is 2.36. The molecule has 2 atom stereocenters. The molecule has 0 aliphatic carbocycles. The summed E-state index contributed by atoms with van der Waals surface area (Å²) >= 11 is 0. The summed E-state index contributed by atoms with van der Waals surface area (Å²) in [6.07, 6.45) is 1.30. The van der Waals surface area contributed by atoms with E-state index in [0.717, 1.165) is 17.0 Å². The number of nitrogens with zero attached hydrogens (tertiary/aromatic N) is 1. The third-order valence-corrected chi connectivity index (χ3v) is 4.47. The molecule has 0 fully saturated rings. The van der Waals surface area contributed by atoms with E-state index in [2.05, 4.69) is 5.32 Å². The molecule has 2 aromatic carbocycles. The minimum atomic E-state index is -0.336. The molecule has 4 rings (SSSR count). The van der Waals surface area contributed by atoms with Crippen molar-refractivity contribution in [2.24, 2.45) is 0 Å². The van der Waals surface area contributed by atoms with E-state index < -0.39 is 0 Å². The number of anilines is 1. The predicted molar refractivity (Wildman–Crippen MR) is 92.5 cm³/mol. The zero-order chi connectivity index (χ0) is 16.5. The zero-order valence-corrected chi connectivity index (χ0v) is 13.3. The highest BCUT2D eigenvalue weighted by atomic mass is 16.3. The van der Waals surface area contributed by atoms with E-state index in [4.69, 9.17) is 4.42 Å². The minimum Gasteiger partial charge on any atom is -0.465 e. The number of hydrogen-bond donors (Lipinski definition) is 1. The fraction of sp³-hybridized carbons (Fsp3) is 0.150. The Bertz CT molecular complexity index is 843. The van der Waals surface area contributed by atoms with Crippen LogP contribution in [0.4, 0.5) is 5.69 Å². The maximum Gasteiger partial charge on any atom is 0.258 e. The van der Waals surface area contributed by atoms with Gasteiger partial charge in [0, 0.05) is 5.69 Å². The molecule has 1 amide bonds. The van der Waals surface area contributed by atoms with E-state index in [1.165, 1.54) is 0 Å². The number of amides is 1. The Morgan fingerprint density at radius 1 is 1.00 bits per heavy atom. The van der Waals surface area contributed by atoms with Gasteiger partial charge in [-0.25, -0.2) is 0 Å². The Morgan fingerprint density at radius 2 is 1.75 bits per heavy atom. The molecule has 0 radical (unpaired) electrons. The fourth-order valence-corrected chi connectivity index (χ4v) is 3.22. The van der Waals surface area contributed by atoms with Gasteiger partial charge in [0.15, 0.2) is 6.17 Å². The molecule has 120 valence electrons. The molecule has 1 N–H and O–H groups in total. The van der Waals surface area contributed by atoms with Crippen molar-refractivity contribution in [1.29, 1.82) is 0 Å². The number of rotatable bonds is 3. The highest BCUT2D eigenvalue weighted by Gasteiger charge is 2.37. The molecule has 0 unspecified atom stereocenters. The van der Waals surface area contributed by atoms with E-state index in [1.807, 2.05) is 78.6 Å². The number of benzene rings is 2. The van der Waals surface area contributed by atoms with Crippen molar-refractivity contribution in [3.63, 3.8) is 0 Å². The first-order chi connectivity index (χ1) is 11.8. The van der Waals surface area contributed by atoms with Gasteiger partial charge in [-0.1, -0.05) is 42.5 Å². The van der Waals surface area contributed by atoms with Gasteiger partial charge in [0.1, 0.15) is 5.76 Å². The summed E-state index contributed by atoms with van der Waals surface area (Å²) in [4.78, 5) is 15.0. The lowest BCUT2D eigenvalue weighted by atomic mass is 10.0. The van der Waals surface area contributed by atoms with E-state index in [9.17, 15) is 4.79 Å². The Kier molecular flexibility index (Phi) is 3.58. The van der Waals surface area contributed by atoms with Crippen LogP contribution in [0, 0.1) is 0 Å². The maximum absolute atomic E-state index is 13.2. The highest BCUT2D eigenvalue weighted by molar-refractivity contribution is 6.01. The minimum absolute atomic E-state index is 0.00195. The molecule has 0 saturated heterocycles. The van der Waals surface area contributed by atoms with Crippen LogP contribution in [0.25, 0.3) is 0 Å². The van der Waals surface area contributed by atoms with E-state index >= 15 is 0 Å². The van der Waals surface area contributed by atoms with Crippen molar-refractivity contribution in [3.8, 4) is 0 Å². The first-order valence-electron chi connectivity index (χ1n) is 8.02. The van der Waals surface area contributed by atoms with Crippen molar-refractivity contribution < 1.29 is 9.21 Å². The molecule has 0 saturated carbocycles. The lowest BCUT2D eigenvalue weighted by Crippen LogP contribution is -2.44. The van der Waals surface area contributed by atoms with Gasteiger partial charge in [-0.15, -0.1) is 0 Å². The topological polar surface area (TPSA) is 45.5 Å². The molecule has 3 aromatic rings. The van der Waals surface area contributed by atoms with Crippen molar-refractivity contribution in [2.45, 2.75) is 19.1 Å². The first-order valence-corrected chi connectivity index (χ1v) is 8.02. The second-order valence-electron chi connectivity index (χ2n) is 5.91. The number of nitrogens with one attached hydrogen (secondary N) is 1. The lowest BCUT2D eigenvalue weighted by Gasteiger charge is -2.40. The van der Waals surface area contributed by atoms with Gasteiger partial charge in [0.2, 0.25) is 0 Å². The van der Waals surface area contributed by atoms with Gasteiger partial charge >= 0.3 is 0 Å². The average molecular weight is 318 g/mol. The summed E-state index contributed by atoms with van der Waals surface area (Å²) in [6.45, 7) is 2.04. The predicted octanol–water partition coefficient (Wildman–Crippen LogP) is 4.61. The van der Waals surface area contributed by atoms with Crippen LogP contribution in [-0.2, 0) is 0 Å². The van der Waals surface area contributed by atoms with E-state index in [-0.39, 0.29) is 18.1 Å². The number of hydrogen-bond acceptors (Lipinski definition) is 3. The first kappa shape index (κ1) is 14.6. The van der Waals surface area contributed by atoms with Crippen LogP contribution in [0.2, 0.25) is 0 Å². The van der Waals surface area contributed by atoms with Crippen LogP contribution in [0.5, 0.6) is 0 Å². The molecule has 4 nitrogen and oxygen atoms in total. The van der Waals surface area contributed by atoms with Gasteiger partial charge in [-0.05, 0) is 36.8 Å². The van der Waals surface area contributed by atoms with Crippen LogP contribution in [0.15, 0.2) is 77.4 Å². The largest absolute Gasteiger partial charge is 0.465 e. The summed E-state index contributed by atoms with van der Waals surface area (Å²) in [6, 6.07) is 21.3. The van der Waals surface area contributed by atoms with Crippen molar-refractivity contribution >= 4 is 11.6 Å². The standard InChI is InChI=1S/C20H18N2O2/c1-14(15-8-3-2-4-9-15)22-19(18-12-7-13-24-18)21-17-11-6-5-10-16(17)20(22)23/h2-14,19,21H,1H3/t14-,19-/m0/s1. The summed E-state index contributed by atoms with van der Waals surface area (Å²) in [5.41, 5.74) is 2.60. The summed E-state index contributed by atoms with van der Waals surface area (Å²) in [7, 11) is 0. The van der Waals surface area contributed by atoms with E-state index in [0.29, 0.717) is 5.56 Å². The normalized spacial score (nSPS) is 18.0. The molecular formula is C20H18N2O2. The fourth-order valence-electron chi connectivity index (χ4n) is 3.22. The quantitative estimate of drug-likeness (QED) is 0.767. The van der Waals surface area contributed by atoms with Crippen LogP contribution in [0.3, 0.4) is 0 Å². The monoisotopic (exact) mass is 318 g/mol. The summed E-state index contributed by atoms with van der Waals surface area (Å²) in [5.74, 6) is 0.725. The molecular weight excluding hydrogens is 300 g/mol. The smallest absolute Gasteiger partial charge is 0.258 e. The second-order valence-corrected chi connectivity index (χ2v) is 5.91. The molecule has 4 heteroatoms. The zero-order valence-electron chi connectivity index (χ0n) is 13.3. The SMILES string of the molecule is C[C@@H](c1ccccc1)N1C(=O)c2ccccc2N[C@@H]1c1ccco1. The van der Waals surface area contributed by atoms with Gasteiger partial charge in [0.25, 0.3) is 5.91 Å². The molecule has 24 heavy (non-hydrogen) atoms. The molecule has 1 aliphatic rings. The summed E-state index contributed by atoms with van der Waals surface area (Å²) < 4.78 is 5.60. The van der Waals surface area contributed by atoms with Crippen LogP contribution < -0.4 is 5.32 Å². The Labute approximate surface area is 140 Å². The number of furan rings is 1. The van der Waals surface area contributed by atoms with Crippen LogP contribution in [0.1, 0.15) is 40.8 Å². The number of fused-ring (bicyclic) bond motifs is 1. The Balaban J connectivity index is 1.80. The van der Waals surface area contributed by atoms with Gasteiger partial charge in [0.05, 0.1) is 17.9 Å². The summed E-state index contributed by atoms with van der Waals surface area (Å²) in [5, 5.41) is 3.44. The molecule has 0 bridgehead atoms. The second kappa shape index (κ2) is 5.89. The van der Waals surface area contributed by atoms with E-state index in [1.54, 1.807) is 6.26 Å². The van der Waals surface area contributed by atoms with Crippen LogP contribution in [-0.4, -0.2) is 10.8 Å². The Hall–Kier alpha value is -3.01. The van der Waals surface area contributed by atoms with Gasteiger partial charge in [-0.2, -0.15) is 0 Å². The van der Waals surface area contributed by atoms with Gasteiger partial charge < -0.3 is 14.6 Å². The Morgan fingerprint density at radius 3 is 2.50 bits per heavy atom. The van der Waals surface area contributed by atoms with Crippen LogP contribution >= 0.6 is 0 Å². The maximum atomic E-state index is 13.2. The number of para-hydroxylation sites is 1. The average Bonchev–Trinajstić information content (AvgIpc) is 3.16. The third-order valence-electron chi connectivity index (χ3n) is 4.47. The lowest BCUT2D eigenvalue weighted by molar-refractivity contribution is 0.0571. The molecule has 2 heterocycles. The number of carbonyl (C=O) groups excluding carboxylic acids is 1. The molecule has 1 aromatic heterocycles. The molecule has 0 spiro atoms. The van der Waals surface area contributed by atoms with Gasteiger partial charge in [-0.3, -0.25) is 4.79 Å². The number of carbonyl (C=O) groups is 1. The molecule has 1 aliphatic heterocycles.